The molecule has 0 heterocycles. The lowest BCUT2D eigenvalue weighted by Gasteiger charge is -2.29. The van der Waals surface area contributed by atoms with Gasteiger partial charge in [-0.15, -0.1) is 0 Å². The first kappa shape index (κ1) is 16.9. The molecule has 2 atom stereocenters. The van der Waals surface area contributed by atoms with Crippen LogP contribution in [-0.2, 0) is 0 Å². The fraction of sp³-hybridized carbons (Fsp3) is 1.00. The van der Waals surface area contributed by atoms with E-state index >= 15 is 0 Å². The highest BCUT2D eigenvalue weighted by molar-refractivity contribution is 4.78. The van der Waals surface area contributed by atoms with Crippen molar-refractivity contribution in [2.45, 2.75) is 65.0 Å². The molecular weight excluding hydrogens is 212 g/mol. The van der Waals surface area contributed by atoms with Crippen LogP contribution in [0, 0.1) is 5.92 Å². The van der Waals surface area contributed by atoms with E-state index in [2.05, 4.69) is 32.7 Å². The minimum absolute atomic E-state index is 0.370. The summed E-state index contributed by atoms with van der Waals surface area (Å²) in [5, 5.41) is 10.1. The van der Waals surface area contributed by atoms with E-state index in [1.807, 2.05) is 6.92 Å². The van der Waals surface area contributed by atoms with Crippen LogP contribution in [0.3, 0.4) is 0 Å². The third-order valence-corrected chi connectivity index (χ3v) is 3.76. The van der Waals surface area contributed by atoms with Crippen LogP contribution in [0.5, 0.6) is 0 Å². The zero-order valence-corrected chi connectivity index (χ0v) is 12.4. The second-order valence-electron chi connectivity index (χ2n) is 5.84. The molecule has 0 aromatic carbocycles. The van der Waals surface area contributed by atoms with E-state index < -0.39 is 5.60 Å². The van der Waals surface area contributed by atoms with Gasteiger partial charge in [0.25, 0.3) is 0 Å². The summed E-state index contributed by atoms with van der Waals surface area (Å²) >= 11 is 0. The molecular formula is C14H32N2O. The number of nitrogens with zero attached hydrogens (tertiary/aromatic N) is 1. The second kappa shape index (κ2) is 8.06. The Balaban J connectivity index is 3.88. The molecule has 0 rings (SSSR count). The largest absolute Gasteiger partial charge is 0.389 e. The highest BCUT2D eigenvalue weighted by Gasteiger charge is 2.22. The van der Waals surface area contributed by atoms with Crippen molar-refractivity contribution in [1.82, 2.24) is 4.90 Å². The lowest BCUT2D eigenvalue weighted by molar-refractivity contribution is 0.0311. The van der Waals surface area contributed by atoms with E-state index in [1.165, 1.54) is 6.42 Å². The van der Waals surface area contributed by atoms with Gasteiger partial charge in [-0.05, 0) is 52.1 Å². The molecule has 0 aromatic rings. The summed E-state index contributed by atoms with van der Waals surface area (Å²) in [6, 6.07) is 0.614. The van der Waals surface area contributed by atoms with Crippen LogP contribution in [0.25, 0.3) is 0 Å². The number of nitrogens with two attached hydrogens (primary N) is 1. The summed E-state index contributed by atoms with van der Waals surface area (Å²) in [5.74, 6) is 0.740. The van der Waals surface area contributed by atoms with Crippen molar-refractivity contribution in [2.24, 2.45) is 11.7 Å². The lowest BCUT2D eigenvalue weighted by Crippen LogP contribution is -2.38. The molecule has 0 amide bonds. The third-order valence-electron chi connectivity index (χ3n) is 3.76. The van der Waals surface area contributed by atoms with Gasteiger partial charge >= 0.3 is 0 Å². The molecule has 104 valence electrons. The van der Waals surface area contributed by atoms with Crippen molar-refractivity contribution in [1.29, 1.82) is 0 Å². The monoisotopic (exact) mass is 244 g/mol. The number of aliphatic hydroxyl groups is 1. The van der Waals surface area contributed by atoms with Crippen LogP contribution < -0.4 is 5.73 Å². The van der Waals surface area contributed by atoms with Gasteiger partial charge < -0.3 is 15.7 Å². The molecule has 2 unspecified atom stereocenters. The second-order valence-corrected chi connectivity index (χ2v) is 5.84. The van der Waals surface area contributed by atoms with E-state index in [9.17, 15) is 5.11 Å². The molecule has 3 heteroatoms. The first-order valence-corrected chi connectivity index (χ1v) is 6.97. The van der Waals surface area contributed by atoms with E-state index in [4.69, 9.17) is 5.73 Å². The average molecular weight is 244 g/mol. The fourth-order valence-corrected chi connectivity index (χ4v) is 2.16. The zero-order chi connectivity index (χ0) is 13.5. The standard InChI is InChI=1S/C14H32N2O/c1-6-14(17,11-15)8-7-9-16(5)13(4)10-12(2)3/h12-13,17H,6-11,15H2,1-5H3. The van der Waals surface area contributed by atoms with Crippen molar-refractivity contribution in [3.8, 4) is 0 Å². The SMILES string of the molecule is CCC(O)(CN)CCCN(C)C(C)CC(C)C. The van der Waals surface area contributed by atoms with Gasteiger partial charge in [-0.2, -0.15) is 0 Å². The summed E-state index contributed by atoms with van der Waals surface area (Å²) in [6.07, 6.45) is 3.79. The van der Waals surface area contributed by atoms with Gasteiger partial charge in [0.2, 0.25) is 0 Å². The average Bonchev–Trinajstić information content (AvgIpc) is 2.27. The number of hydrogen-bond acceptors (Lipinski definition) is 3. The van der Waals surface area contributed by atoms with E-state index in [0.717, 1.165) is 31.7 Å². The minimum Gasteiger partial charge on any atom is -0.389 e. The van der Waals surface area contributed by atoms with Crippen molar-refractivity contribution >= 4 is 0 Å². The summed E-state index contributed by atoms with van der Waals surface area (Å²) < 4.78 is 0. The Morgan fingerprint density at radius 3 is 2.29 bits per heavy atom. The van der Waals surface area contributed by atoms with Gasteiger partial charge in [0, 0.05) is 12.6 Å². The maximum absolute atomic E-state index is 10.1. The van der Waals surface area contributed by atoms with E-state index in [1.54, 1.807) is 0 Å². The molecule has 17 heavy (non-hydrogen) atoms. The van der Waals surface area contributed by atoms with Crippen molar-refractivity contribution in [3.63, 3.8) is 0 Å². The molecule has 0 aliphatic heterocycles. The van der Waals surface area contributed by atoms with Gasteiger partial charge in [-0.3, -0.25) is 0 Å². The number of hydrogen-bond donors (Lipinski definition) is 2. The van der Waals surface area contributed by atoms with Gasteiger partial charge in [-0.1, -0.05) is 20.8 Å². The highest BCUT2D eigenvalue weighted by atomic mass is 16.3. The van der Waals surface area contributed by atoms with E-state index in [0.29, 0.717) is 12.6 Å². The molecule has 3 nitrogen and oxygen atoms in total. The Hall–Kier alpha value is -0.120. The summed E-state index contributed by atoms with van der Waals surface area (Å²) in [6.45, 7) is 10.2. The summed E-state index contributed by atoms with van der Waals surface area (Å²) in [4.78, 5) is 2.38. The van der Waals surface area contributed by atoms with Crippen molar-refractivity contribution in [3.05, 3.63) is 0 Å². The molecule has 0 aliphatic rings. The molecule has 0 saturated heterocycles. The van der Waals surface area contributed by atoms with Crippen LogP contribution in [-0.4, -0.2) is 41.8 Å². The van der Waals surface area contributed by atoms with Crippen molar-refractivity contribution in [2.75, 3.05) is 20.1 Å². The van der Waals surface area contributed by atoms with E-state index in [-0.39, 0.29) is 0 Å². The molecule has 3 N–H and O–H groups in total. The summed E-state index contributed by atoms with van der Waals surface area (Å²) in [5.41, 5.74) is 4.95. The molecule has 0 saturated carbocycles. The van der Waals surface area contributed by atoms with Crippen LogP contribution in [0.4, 0.5) is 0 Å². The Kier molecular flexibility index (Phi) is 8.01. The van der Waals surface area contributed by atoms with Gasteiger partial charge in [0.05, 0.1) is 5.60 Å². The maximum Gasteiger partial charge on any atom is 0.0767 e. The molecule has 0 radical (unpaired) electrons. The van der Waals surface area contributed by atoms with Crippen LogP contribution >= 0.6 is 0 Å². The maximum atomic E-state index is 10.1. The first-order valence-electron chi connectivity index (χ1n) is 6.97. The summed E-state index contributed by atoms with van der Waals surface area (Å²) in [7, 11) is 2.17. The molecule has 0 aliphatic carbocycles. The zero-order valence-electron chi connectivity index (χ0n) is 12.4. The topological polar surface area (TPSA) is 49.5 Å². The Morgan fingerprint density at radius 1 is 1.29 bits per heavy atom. The first-order chi connectivity index (χ1) is 7.84. The van der Waals surface area contributed by atoms with Crippen LogP contribution in [0.15, 0.2) is 0 Å². The Bertz CT molecular complexity index is 191. The lowest BCUT2D eigenvalue weighted by atomic mass is 9.94. The van der Waals surface area contributed by atoms with Crippen molar-refractivity contribution < 1.29 is 5.11 Å². The fourth-order valence-electron chi connectivity index (χ4n) is 2.16. The molecule has 0 spiro atoms. The Morgan fingerprint density at radius 2 is 1.88 bits per heavy atom. The van der Waals surface area contributed by atoms with Gasteiger partial charge in [0.15, 0.2) is 0 Å². The Labute approximate surface area is 107 Å². The predicted molar refractivity (Wildman–Crippen MR) is 75.1 cm³/mol. The predicted octanol–water partition coefficient (Wildman–Crippen LogP) is 2.23. The minimum atomic E-state index is -0.651. The van der Waals surface area contributed by atoms with Gasteiger partial charge in [-0.25, -0.2) is 0 Å². The quantitative estimate of drug-likeness (QED) is 0.654. The molecule has 0 fully saturated rings. The number of rotatable bonds is 9. The molecule has 0 bridgehead atoms. The van der Waals surface area contributed by atoms with Crippen LogP contribution in [0.2, 0.25) is 0 Å². The van der Waals surface area contributed by atoms with Gasteiger partial charge in [0.1, 0.15) is 0 Å². The smallest absolute Gasteiger partial charge is 0.0767 e. The van der Waals surface area contributed by atoms with Crippen LogP contribution in [0.1, 0.15) is 53.4 Å². The third kappa shape index (κ3) is 7.02. The highest BCUT2D eigenvalue weighted by Crippen LogP contribution is 2.17. The molecule has 0 aromatic heterocycles. The normalized spacial score (nSPS) is 17.5.